The maximum Gasteiger partial charge on any atom is 0.129 e. The number of hydrogen-bond acceptors (Lipinski definition) is 3. The van der Waals surface area contributed by atoms with E-state index in [1.165, 1.54) is 11.1 Å². The summed E-state index contributed by atoms with van der Waals surface area (Å²) in [6.45, 7) is 5.14. The van der Waals surface area contributed by atoms with Gasteiger partial charge in [-0.2, -0.15) is 0 Å². The van der Waals surface area contributed by atoms with Gasteiger partial charge in [0.15, 0.2) is 0 Å². The quantitative estimate of drug-likeness (QED) is 0.874. The van der Waals surface area contributed by atoms with Crippen molar-refractivity contribution < 1.29 is 0 Å². The van der Waals surface area contributed by atoms with Crippen molar-refractivity contribution in [2.75, 3.05) is 11.9 Å². The molecule has 0 amide bonds. The Labute approximate surface area is 108 Å². The van der Waals surface area contributed by atoms with Crippen LogP contribution in [-0.4, -0.2) is 16.5 Å². The van der Waals surface area contributed by atoms with Crippen LogP contribution in [0.1, 0.15) is 23.7 Å². The molecule has 94 valence electrons. The number of hydrogen-bond donors (Lipinski definition) is 1. The van der Waals surface area contributed by atoms with Crippen molar-refractivity contribution in [1.82, 2.24) is 9.97 Å². The first kappa shape index (κ1) is 12.6. The van der Waals surface area contributed by atoms with E-state index in [2.05, 4.69) is 53.4 Å². The third-order valence-electron chi connectivity index (χ3n) is 3.05. The van der Waals surface area contributed by atoms with Crippen molar-refractivity contribution in [2.45, 2.75) is 26.7 Å². The lowest BCUT2D eigenvalue weighted by Gasteiger charge is -2.08. The summed E-state index contributed by atoms with van der Waals surface area (Å²) in [6, 6.07) is 10.5. The van der Waals surface area contributed by atoms with Crippen molar-refractivity contribution in [1.29, 1.82) is 0 Å². The van der Waals surface area contributed by atoms with Crippen LogP contribution in [-0.2, 0) is 12.8 Å². The SMILES string of the molecule is CCc1cc(NCCc2ccccc2C)ncn1. The molecule has 0 radical (unpaired) electrons. The second-order valence-electron chi connectivity index (χ2n) is 4.35. The fraction of sp³-hybridized carbons (Fsp3) is 0.333. The highest BCUT2D eigenvalue weighted by atomic mass is 15.0. The lowest BCUT2D eigenvalue weighted by Crippen LogP contribution is -2.07. The number of nitrogens with one attached hydrogen (secondary N) is 1. The highest BCUT2D eigenvalue weighted by Gasteiger charge is 1.99. The molecular formula is C15H19N3. The van der Waals surface area contributed by atoms with Gasteiger partial charge in [0.05, 0.1) is 0 Å². The minimum Gasteiger partial charge on any atom is -0.370 e. The van der Waals surface area contributed by atoms with Crippen LogP contribution >= 0.6 is 0 Å². The smallest absolute Gasteiger partial charge is 0.129 e. The van der Waals surface area contributed by atoms with E-state index in [0.717, 1.165) is 30.9 Å². The minimum atomic E-state index is 0.894. The third kappa shape index (κ3) is 3.29. The van der Waals surface area contributed by atoms with Gasteiger partial charge < -0.3 is 5.32 Å². The standard InChI is InChI=1S/C15H19N3/c1-3-14-10-15(18-11-17-14)16-9-8-13-7-5-4-6-12(13)2/h4-7,10-11H,3,8-9H2,1-2H3,(H,16,17,18). The summed E-state index contributed by atoms with van der Waals surface area (Å²) in [5.74, 6) is 0.912. The van der Waals surface area contributed by atoms with E-state index in [-0.39, 0.29) is 0 Å². The Morgan fingerprint density at radius 1 is 1.17 bits per heavy atom. The molecule has 1 aromatic carbocycles. The molecule has 18 heavy (non-hydrogen) atoms. The summed E-state index contributed by atoms with van der Waals surface area (Å²) in [7, 11) is 0. The van der Waals surface area contributed by atoms with Crippen LogP contribution in [0.5, 0.6) is 0 Å². The molecule has 1 N–H and O–H groups in total. The van der Waals surface area contributed by atoms with Gasteiger partial charge in [0.1, 0.15) is 12.1 Å². The van der Waals surface area contributed by atoms with Crippen molar-refractivity contribution in [3.8, 4) is 0 Å². The summed E-state index contributed by atoms with van der Waals surface area (Å²) in [6.07, 6.45) is 3.57. The molecule has 0 aliphatic rings. The molecule has 3 heteroatoms. The van der Waals surface area contributed by atoms with E-state index in [9.17, 15) is 0 Å². The first-order valence-corrected chi connectivity index (χ1v) is 6.39. The van der Waals surface area contributed by atoms with Gasteiger partial charge in [0.2, 0.25) is 0 Å². The van der Waals surface area contributed by atoms with Crippen LogP contribution in [0.25, 0.3) is 0 Å². The van der Waals surface area contributed by atoms with Crippen LogP contribution < -0.4 is 5.32 Å². The number of anilines is 1. The van der Waals surface area contributed by atoms with E-state index in [4.69, 9.17) is 0 Å². The third-order valence-corrected chi connectivity index (χ3v) is 3.05. The second-order valence-corrected chi connectivity index (χ2v) is 4.35. The maximum atomic E-state index is 4.22. The first-order valence-electron chi connectivity index (χ1n) is 6.39. The molecule has 1 aromatic heterocycles. The maximum absolute atomic E-state index is 4.22. The van der Waals surface area contributed by atoms with Gasteiger partial charge in [-0.15, -0.1) is 0 Å². The number of aromatic nitrogens is 2. The number of aryl methyl sites for hydroxylation is 2. The molecule has 0 spiro atoms. The van der Waals surface area contributed by atoms with E-state index in [0.29, 0.717) is 0 Å². The Balaban J connectivity index is 1.90. The zero-order valence-electron chi connectivity index (χ0n) is 11.0. The fourth-order valence-corrected chi connectivity index (χ4v) is 1.90. The molecule has 2 aromatic rings. The summed E-state index contributed by atoms with van der Waals surface area (Å²) in [5.41, 5.74) is 3.80. The Morgan fingerprint density at radius 2 is 2.00 bits per heavy atom. The Kier molecular flexibility index (Phi) is 4.29. The number of rotatable bonds is 5. The van der Waals surface area contributed by atoms with Crippen LogP contribution in [0.2, 0.25) is 0 Å². The Morgan fingerprint density at radius 3 is 2.78 bits per heavy atom. The molecule has 0 atom stereocenters. The fourth-order valence-electron chi connectivity index (χ4n) is 1.90. The van der Waals surface area contributed by atoms with Crippen molar-refractivity contribution in [2.24, 2.45) is 0 Å². The van der Waals surface area contributed by atoms with E-state index < -0.39 is 0 Å². The first-order chi connectivity index (χ1) is 8.79. The van der Waals surface area contributed by atoms with Crippen molar-refractivity contribution in [3.05, 3.63) is 53.5 Å². The monoisotopic (exact) mass is 241 g/mol. The van der Waals surface area contributed by atoms with Gasteiger partial charge in [-0.05, 0) is 30.9 Å². The molecule has 0 unspecified atom stereocenters. The average Bonchev–Trinajstić information content (AvgIpc) is 2.41. The van der Waals surface area contributed by atoms with Gasteiger partial charge >= 0.3 is 0 Å². The highest BCUT2D eigenvalue weighted by Crippen LogP contribution is 2.09. The van der Waals surface area contributed by atoms with Gasteiger partial charge in [0.25, 0.3) is 0 Å². The summed E-state index contributed by atoms with van der Waals surface area (Å²) < 4.78 is 0. The van der Waals surface area contributed by atoms with Gasteiger partial charge in [-0.1, -0.05) is 31.2 Å². The van der Waals surface area contributed by atoms with Gasteiger partial charge in [0, 0.05) is 18.3 Å². The highest BCUT2D eigenvalue weighted by molar-refractivity contribution is 5.35. The largest absolute Gasteiger partial charge is 0.370 e. The molecule has 1 heterocycles. The van der Waals surface area contributed by atoms with E-state index in [1.54, 1.807) is 6.33 Å². The number of benzene rings is 1. The molecule has 0 aliphatic heterocycles. The van der Waals surface area contributed by atoms with Crippen molar-refractivity contribution >= 4 is 5.82 Å². The van der Waals surface area contributed by atoms with Crippen LogP contribution in [0.3, 0.4) is 0 Å². The molecule has 0 aliphatic carbocycles. The zero-order chi connectivity index (χ0) is 12.8. The van der Waals surface area contributed by atoms with Gasteiger partial charge in [-0.3, -0.25) is 0 Å². The number of nitrogens with zero attached hydrogens (tertiary/aromatic N) is 2. The predicted octanol–water partition coefficient (Wildman–Crippen LogP) is 3.00. The van der Waals surface area contributed by atoms with Crippen molar-refractivity contribution in [3.63, 3.8) is 0 Å². The van der Waals surface area contributed by atoms with Crippen LogP contribution in [0, 0.1) is 6.92 Å². The summed E-state index contributed by atoms with van der Waals surface area (Å²) in [5, 5.41) is 3.34. The normalized spacial score (nSPS) is 10.3. The molecular weight excluding hydrogens is 222 g/mol. The van der Waals surface area contributed by atoms with Crippen LogP contribution in [0.4, 0.5) is 5.82 Å². The predicted molar refractivity (Wildman–Crippen MR) is 74.8 cm³/mol. The van der Waals surface area contributed by atoms with E-state index in [1.807, 2.05) is 6.07 Å². The molecule has 0 saturated heterocycles. The average molecular weight is 241 g/mol. The van der Waals surface area contributed by atoms with E-state index >= 15 is 0 Å². The Hall–Kier alpha value is -1.90. The molecule has 2 rings (SSSR count). The topological polar surface area (TPSA) is 37.8 Å². The second kappa shape index (κ2) is 6.15. The molecule has 0 fully saturated rings. The summed E-state index contributed by atoms with van der Waals surface area (Å²) >= 11 is 0. The molecule has 0 saturated carbocycles. The Bertz CT molecular complexity index is 509. The van der Waals surface area contributed by atoms with Gasteiger partial charge in [-0.25, -0.2) is 9.97 Å². The molecule has 0 bridgehead atoms. The molecule has 3 nitrogen and oxygen atoms in total. The summed E-state index contributed by atoms with van der Waals surface area (Å²) in [4.78, 5) is 8.41. The zero-order valence-corrected chi connectivity index (χ0v) is 11.0. The van der Waals surface area contributed by atoms with Crippen LogP contribution in [0.15, 0.2) is 36.7 Å². The minimum absolute atomic E-state index is 0.894. The lowest BCUT2D eigenvalue weighted by atomic mass is 10.1. The lowest BCUT2D eigenvalue weighted by molar-refractivity contribution is 0.963.